The van der Waals surface area contributed by atoms with Crippen LogP contribution in [-0.4, -0.2) is 27.8 Å². The minimum Gasteiger partial charge on any atom is -0.465 e. The van der Waals surface area contributed by atoms with Crippen LogP contribution in [0.25, 0.3) is 0 Å². The number of esters is 1. The van der Waals surface area contributed by atoms with E-state index in [2.05, 4.69) is 21.7 Å². The fraction of sp³-hybridized carbons (Fsp3) is 0.143. The molecule has 0 spiro atoms. The maximum atomic E-state index is 11.3. The molecule has 0 radical (unpaired) electrons. The van der Waals surface area contributed by atoms with Crippen LogP contribution in [0.3, 0.4) is 0 Å². The van der Waals surface area contributed by atoms with E-state index in [1.54, 1.807) is 31.3 Å². The second-order valence-corrected chi connectivity index (χ2v) is 4.08. The Bertz CT molecular complexity index is 751. The van der Waals surface area contributed by atoms with Crippen molar-refractivity contribution < 1.29 is 14.5 Å². The van der Waals surface area contributed by atoms with Crippen molar-refractivity contribution in [2.24, 2.45) is 7.05 Å². The minimum absolute atomic E-state index is 0.142. The number of aryl methyl sites for hydroxylation is 1. The second kappa shape index (κ2) is 5.88. The van der Waals surface area contributed by atoms with Crippen molar-refractivity contribution in [1.29, 1.82) is 0 Å². The number of carbonyl (C=O) groups is 1. The molecular formula is C14H11N3O4. The molecule has 0 saturated carbocycles. The lowest BCUT2D eigenvalue weighted by Gasteiger charge is -1.98. The molecule has 2 rings (SSSR count). The first-order valence-electron chi connectivity index (χ1n) is 5.89. The smallest absolute Gasteiger partial charge is 0.337 e. The number of nitro groups is 1. The Kier molecular flexibility index (Phi) is 4.00. The number of nitrogens with zero attached hydrogens (tertiary/aromatic N) is 3. The van der Waals surface area contributed by atoms with Crippen molar-refractivity contribution in [3.05, 3.63) is 57.4 Å². The van der Waals surface area contributed by atoms with Crippen LogP contribution in [0.1, 0.15) is 21.6 Å². The zero-order valence-corrected chi connectivity index (χ0v) is 11.4. The quantitative estimate of drug-likeness (QED) is 0.361. The number of ether oxygens (including phenoxy) is 1. The highest BCUT2D eigenvalue weighted by atomic mass is 16.6. The van der Waals surface area contributed by atoms with E-state index < -0.39 is 10.9 Å². The molecule has 0 atom stereocenters. The molecule has 0 aliphatic heterocycles. The highest BCUT2D eigenvalue weighted by Crippen LogP contribution is 2.15. The van der Waals surface area contributed by atoms with Gasteiger partial charge in [0.15, 0.2) is 5.69 Å². The molecule has 1 heterocycles. The van der Waals surface area contributed by atoms with Crippen LogP contribution in [0.15, 0.2) is 30.5 Å². The van der Waals surface area contributed by atoms with E-state index >= 15 is 0 Å². The summed E-state index contributed by atoms with van der Waals surface area (Å²) in [6, 6.07) is 6.43. The van der Waals surface area contributed by atoms with Gasteiger partial charge < -0.3 is 4.74 Å². The van der Waals surface area contributed by atoms with Gasteiger partial charge >= 0.3 is 11.7 Å². The second-order valence-electron chi connectivity index (χ2n) is 4.08. The molecule has 2 aromatic rings. The molecule has 7 heteroatoms. The molecule has 1 aromatic heterocycles. The third kappa shape index (κ3) is 3.06. The van der Waals surface area contributed by atoms with Gasteiger partial charge in [0.2, 0.25) is 0 Å². The van der Waals surface area contributed by atoms with Crippen molar-refractivity contribution >= 4 is 11.7 Å². The average Bonchev–Trinajstić information content (AvgIpc) is 2.86. The van der Waals surface area contributed by atoms with Crippen molar-refractivity contribution in [1.82, 2.24) is 9.78 Å². The van der Waals surface area contributed by atoms with Crippen LogP contribution in [0.2, 0.25) is 0 Å². The third-order valence-electron chi connectivity index (χ3n) is 2.75. The summed E-state index contributed by atoms with van der Waals surface area (Å²) in [5.41, 5.74) is 1.11. The van der Waals surface area contributed by atoms with E-state index in [-0.39, 0.29) is 11.4 Å². The summed E-state index contributed by atoms with van der Waals surface area (Å²) in [4.78, 5) is 21.6. The van der Waals surface area contributed by atoms with Crippen LogP contribution >= 0.6 is 0 Å². The van der Waals surface area contributed by atoms with Gasteiger partial charge in [0.05, 0.1) is 17.6 Å². The number of carbonyl (C=O) groups excluding carboxylic acids is 1. The van der Waals surface area contributed by atoms with E-state index in [0.717, 1.165) is 6.20 Å². The summed E-state index contributed by atoms with van der Waals surface area (Å²) < 4.78 is 5.93. The summed E-state index contributed by atoms with van der Waals surface area (Å²) in [6.45, 7) is 0. The van der Waals surface area contributed by atoms with Gasteiger partial charge in [-0.05, 0) is 30.2 Å². The third-order valence-corrected chi connectivity index (χ3v) is 2.75. The van der Waals surface area contributed by atoms with E-state index in [4.69, 9.17) is 0 Å². The van der Waals surface area contributed by atoms with Gasteiger partial charge in [-0.1, -0.05) is 5.92 Å². The number of hydrogen-bond donors (Lipinski definition) is 0. The van der Waals surface area contributed by atoms with Gasteiger partial charge in [0.1, 0.15) is 6.20 Å². The molecule has 0 aliphatic carbocycles. The summed E-state index contributed by atoms with van der Waals surface area (Å²) >= 11 is 0. The molecule has 0 bridgehead atoms. The Hall–Kier alpha value is -3.14. The van der Waals surface area contributed by atoms with Gasteiger partial charge in [-0.25, -0.2) is 4.79 Å². The van der Waals surface area contributed by atoms with Crippen molar-refractivity contribution in [2.75, 3.05) is 7.11 Å². The Labute approximate surface area is 120 Å². The maximum absolute atomic E-state index is 11.3. The molecule has 21 heavy (non-hydrogen) atoms. The van der Waals surface area contributed by atoms with Crippen molar-refractivity contribution in [3.8, 4) is 11.8 Å². The lowest BCUT2D eigenvalue weighted by molar-refractivity contribution is -0.385. The molecule has 106 valence electrons. The molecule has 0 saturated heterocycles. The molecule has 0 fully saturated rings. The molecule has 0 aliphatic rings. The van der Waals surface area contributed by atoms with E-state index in [9.17, 15) is 14.9 Å². The van der Waals surface area contributed by atoms with Gasteiger partial charge in [-0.2, -0.15) is 5.10 Å². The Balaban J connectivity index is 2.30. The SMILES string of the molecule is COC(=O)c1ccc(C#Cc2c([N+](=O)[O-])cnn2C)cc1. The Morgan fingerprint density at radius 1 is 1.33 bits per heavy atom. The lowest BCUT2D eigenvalue weighted by Crippen LogP contribution is -2.00. The first-order chi connectivity index (χ1) is 10.0. The molecular weight excluding hydrogens is 274 g/mol. The van der Waals surface area contributed by atoms with Gasteiger partial charge in [0.25, 0.3) is 0 Å². The Morgan fingerprint density at radius 3 is 2.57 bits per heavy atom. The number of benzene rings is 1. The first kappa shape index (κ1) is 14.3. The first-order valence-corrected chi connectivity index (χ1v) is 5.89. The summed E-state index contributed by atoms with van der Waals surface area (Å²) in [5, 5.41) is 14.6. The predicted molar refractivity (Wildman–Crippen MR) is 73.6 cm³/mol. The van der Waals surface area contributed by atoms with Gasteiger partial charge in [-0.3, -0.25) is 14.8 Å². The highest BCUT2D eigenvalue weighted by molar-refractivity contribution is 5.89. The molecule has 0 amide bonds. The van der Waals surface area contributed by atoms with Crippen LogP contribution < -0.4 is 0 Å². The monoisotopic (exact) mass is 285 g/mol. The fourth-order valence-corrected chi connectivity index (χ4v) is 1.64. The molecule has 0 unspecified atom stereocenters. The largest absolute Gasteiger partial charge is 0.465 e. The number of hydrogen-bond acceptors (Lipinski definition) is 5. The maximum Gasteiger partial charge on any atom is 0.337 e. The number of methoxy groups -OCH3 is 1. The molecule has 1 aromatic carbocycles. The van der Waals surface area contributed by atoms with E-state index in [1.807, 2.05) is 0 Å². The van der Waals surface area contributed by atoms with Gasteiger partial charge in [-0.15, -0.1) is 0 Å². The summed E-state index contributed by atoms with van der Waals surface area (Å²) in [5.74, 6) is 5.08. The normalized spacial score (nSPS) is 9.62. The Morgan fingerprint density at radius 2 is 2.00 bits per heavy atom. The number of rotatable bonds is 2. The zero-order valence-electron chi connectivity index (χ0n) is 11.4. The summed E-state index contributed by atoms with van der Waals surface area (Å²) in [7, 11) is 2.88. The summed E-state index contributed by atoms with van der Waals surface area (Å²) in [6.07, 6.45) is 1.16. The zero-order chi connectivity index (χ0) is 15.4. The highest BCUT2D eigenvalue weighted by Gasteiger charge is 2.16. The van der Waals surface area contributed by atoms with Crippen LogP contribution in [0.5, 0.6) is 0 Å². The average molecular weight is 285 g/mol. The van der Waals surface area contributed by atoms with Crippen molar-refractivity contribution in [2.45, 2.75) is 0 Å². The topological polar surface area (TPSA) is 87.3 Å². The van der Waals surface area contributed by atoms with E-state index in [0.29, 0.717) is 11.1 Å². The molecule has 0 N–H and O–H groups in total. The standard InChI is InChI=1S/C14H11N3O4/c1-16-12(13(9-15-16)17(19)20)8-5-10-3-6-11(7-4-10)14(18)21-2/h3-4,6-7,9H,1-2H3. The number of aromatic nitrogens is 2. The minimum atomic E-state index is -0.530. The molecule has 7 nitrogen and oxygen atoms in total. The van der Waals surface area contributed by atoms with Crippen LogP contribution in [0, 0.1) is 22.0 Å². The van der Waals surface area contributed by atoms with Crippen molar-refractivity contribution in [3.63, 3.8) is 0 Å². The van der Waals surface area contributed by atoms with Crippen LogP contribution in [0.4, 0.5) is 5.69 Å². The van der Waals surface area contributed by atoms with E-state index in [1.165, 1.54) is 11.8 Å². The predicted octanol–water partition coefficient (Wildman–Crippen LogP) is 1.51. The van der Waals surface area contributed by atoms with Gasteiger partial charge in [0, 0.05) is 12.6 Å². The lowest BCUT2D eigenvalue weighted by atomic mass is 10.1. The fourth-order valence-electron chi connectivity index (χ4n) is 1.64. The van der Waals surface area contributed by atoms with Crippen LogP contribution in [-0.2, 0) is 11.8 Å².